The predicted molar refractivity (Wildman–Crippen MR) is 71.9 cm³/mol. The van der Waals surface area contributed by atoms with E-state index in [-0.39, 0.29) is 12.4 Å². The summed E-state index contributed by atoms with van der Waals surface area (Å²) < 4.78 is 54.2. The van der Waals surface area contributed by atoms with Gasteiger partial charge in [-0.05, 0) is 37.8 Å². The first kappa shape index (κ1) is 16.6. The topological polar surface area (TPSA) is 69.4 Å². The van der Waals surface area contributed by atoms with Gasteiger partial charge in [0.05, 0.1) is 6.61 Å². The van der Waals surface area contributed by atoms with Crippen LogP contribution in [0.5, 0.6) is 5.75 Å². The largest absolute Gasteiger partial charge is 0.490 e. The number of ether oxygens (including phenoxy) is 1. The molecule has 20 heavy (non-hydrogen) atoms. The van der Waals surface area contributed by atoms with Crippen LogP contribution in [0.3, 0.4) is 0 Å². The van der Waals surface area contributed by atoms with Gasteiger partial charge in [0, 0.05) is 0 Å². The first-order chi connectivity index (χ1) is 9.38. The van der Waals surface area contributed by atoms with Gasteiger partial charge in [-0.25, -0.2) is 17.9 Å². The van der Waals surface area contributed by atoms with E-state index in [9.17, 15) is 17.2 Å². The zero-order valence-corrected chi connectivity index (χ0v) is 11.8. The molecule has 1 aromatic carbocycles. The van der Waals surface area contributed by atoms with Crippen LogP contribution in [0.4, 0.5) is 8.78 Å². The average Bonchev–Trinajstić information content (AvgIpc) is 2.37. The third-order valence-electron chi connectivity index (χ3n) is 2.63. The van der Waals surface area contributed by atoms with Crippen LogP contribution < -0.4 is 9.88 Å². The average molecular weight is 305 g/mol. The van der Waals surface area contributed by atoms with Gasteiger partial charge < -0.3 is 4.74 Å². The lowest BCUT2D eigenvalue weighted by Gasteiger charge is -2.09. The van der Waals surface area contributed by atoms with Gasteiger partial charge in [0.1, 0.15) is 4.90 Å². The van der Waals surface area contributed by atoms with Gasteiger partial charge in [0.15, 0.2) is 11.6 Å². The van der Waals surface area contributed by atoms with Gasteiger partial charge in [0.25, 0.3) is 0 Å². The van der Waals surface area contributed by atoms with Gasteiger partial charge in [-0.15, -0.1) is 6.58 Å². The molecule has 0 unspecified atom stereocenters. The first-order valence-electron chi connectivity index (χ1n) is 6.12. The zero-order valence-electron chi connectivity index (χ0n) is 10.9. The summed E-state index contributed by atoms with van der Waals surface area (Å²) in [5.74, 6) is -3.18. The second-order valence-electron chi connectivity index (χ2n) is 4.22. The lowest BCUT2D eigenvalue weighted by molar-refractivity contribution is 0.284. The highest BCUT2D eigenvalue weighted by Gasteiger charge is 2.21. The number of allylic oxidation sites excluding steroid dienone is 1. The van der Waals surface area contributed by atoms with Crippen molar-refractivity contribution < 1.29 is 21.9 Å². The van der Waals surface area contributed by atoms with E-state index in [0.29, 0.717) is 6.42 Å². The third-order valence-corrected chi connectivity index (χ3v) is 3.56. The Bertz CT molecular complexity index is 573. The molecule has 112 valence electrons. The van der Waals surface area contributed by atoms with Crippen LogP contribution >= 0.6 is 0 Å². The normalized spacial score (nSPS) is 11.3. The molecule has 0 saturated carbocycles. The minimum atomic E-state index is -4.29. The molecule has 0 aliphatic carbocycles. The number of hydrogen-bond donors (Lipinski definition) is 1. The summed E-state index contributed by atoms with van der Waals surface area (Å²) in [5, 5.41) is 4.76. The number of sulfonamides is 1. The van der Waals surface area contributed by atoms with Gasteiger partial charge in [0.2, 0.25) is 15.8 Å². The molecule has 0 aromatic heterocycles. The standard InChI is InChI=1S/C13H17F2NO3S/c1-2-3-4-5-6-9-19-10-7-8-11(20(16,17)18)13(15)12(10)14/h2,7-8H,1,3-6,9H2,(H2,16,17,18). The minimum absolute atomic E-state index is 0.224. The smallest absolute Gasteiger partial charge is 0.241 e. The van der Waals surface area contributed by atoms with Crippen LogP contribution in [-0.4, -0.2) is 15.0 Å². The Morgan fingerprint density at radius 2 is 1.90 bits per heavy atom. The maximum Gasteiger partial charge on any atom is 0.241 e. The molecule has 0 aliphatic rings. The Morgan fingerprint density at radius 3 is 2.50 bits per heavy atom. The summed E-state index contributed by atoms with van der Waals surface area (Å²) in [4.78, 5) is -0.881. The molecule has 0 saturated heterocycles. The number of unbranched alkanes of at least 4 members (excludes halogenated alkanes) is 3. The number of rotatable bonds is 8. The van der Waals surface area contributed by atoms with Crippen LogP contribution in [0.25, 0.3) is 0 Å². The van der Waals surface area contributed by atoms with Crippen molar-refractivity contribution in [1.29, 1.82) is 0 Å². The van der Waals surface area contributed by atoms with Gasteiger partial charge in [-0.2, -0.15) is 4.39 Å². The van der Waals surface area contributed by atoms with E-state index in [2.05, 4.69) is 6.58 Å². The Labute approximate surface area is 117 Å². The van der Waals surface area contributed by atoms with Crippen LogP contribution in [-0.2, 0) is 10.0 Å². The van der Waals surface area contributed by atoms with Gasteiger partial charge in [-0.1, -0.05) is 6.08 Å². The summed E-state index contributed by atoms with van der Waals surface area (Å²) in [6, 6.07) is 1.95. The Kier molecular flexibility index (Phi) is 6.09. The molecule has 0 atom stereocenters. The predicted octanol–water partition coefficient (Wildman–Crippen LogP) is 2.74. The molecule has 0 bridgehead atoms. The van der Waals surface area contributed by atoms with Crippen molar-refractivity contribution in [3.63, 3.8) is 0 Å². The molecule has 1 aromatic rings. The second-order valence-corrected chi connectivity index (χ2v) is 5.75. The molecule has 7 heteroatoms. The van der Waals surface area contributed by atoms with E-state index in [0.717, 1.165) is 31.4 Å². The number of hydrogen-bond acceptors (Lipinski definition) is 3. The fraction of sp³-hybridized carbons (Fsp3) is 0.385. The van der Waals surface area contributed by atoms with Crippen molar-refractivity contribution in [2.24, 2.45) is 5.14 Å². The number of nitrogens with two attached hydrogens (primary N) is 1. The van der Waals surface area contributed by atoms with Crippen LogP contribution in [0, 0.1) is 11.6 Å². The zero-order chi connectivity index (χ0) is 15.2. The lowest BCUT2D eigenvalue weighted by Crippen LogP contribution is -2.15. The van der Waals surface area contributed by atoms with Crippen LogP contribution in [0.2, 0.25) is 0 Å². The number of halogens is 2. The summed E-state index contributed by atoms with van der Waals surface area (Å²) >= 11 is 0. The molecule has 0 aliphatic heterocycles. The van der Waals surface area contributed by atoms with Crippen molar-refractivity contribution in [3.05, 3.63) is 36.4 Å². The molecule has 0 spiro atoms. The van der Waals surface area contributed by atoms with Crippen molar-refractivity contribution in [2.75, 3.05) is 6.61 Å². The minimum Gasteiger partial charge on any atom is -0.490 e. The lowest BCUT2D eigenvalue weighted by atomic mass is 10.2. The molecular formula is C13H17F2NO3S. The van der Waals surface area contributed by atoms with Crippen LogP contribution in [0.1, 0.15) is 25.7 Å². The molecule has 2 N–H and O–H groups in total. The molecule has 0 radical (unpaired) electrons. The van der Waals surface area contributed by atoms with Crippen molar-refractivity contribution in [1.82, 2.24) is 0 Å². The second kappa shape index (κ2) is 7.35. The van der Waals surface area contributed by atoms with E-state index >= 15 is 0 Å². The summed E-state index contributed by atoms with van der Waals surface area (Å²) in [7, 11) is -4.29. The highest BCUT2D eigenvalue weighted by atomic mass is 32.2. The molecule has 0 fully saturated rings. The summed E-state index contributed by atoms with van der Waals surface area (Å²) in [5.41, 5.74) is 0. The van der Waals surface area contributed by atoms with E-state index in [1.165, 1.54) is 0 Å². The molecule has 0 heterocycles. The van der Waals surface area contributed by atoms with Gasteiger partial charge >= 0.3 is 0 Å². The molecular weight excluding hydrogens is 288 g/mol. The van der Waals surface area contributed by atoms with Crippen molar-refractivity contribution in [2.45, 2.75) is 30.6 Å². The van der Waals surface area contributed by atoms with Crippen molar-refractivity contribution >= 4 is 10.0 Å². The quantitative estimate of drug-likeness (QED) is 0.593. The number of benzene rings is 1. The first-order valence-corrected chi connectivity index (χ1v) is 7.67. The maximum absolute atomic E-state index is 13.6. The van der Waals surface area contributed by atoms with E-state index in [4.69, 9.17) is 9.88 Å². The van der Waals surface area contributed by atoms with Crippen molar-refractivity contribution in [3.8, 4) is 5.75 Å². The molecule has 0 amide bonds. The van der Waals surface area contributed by atoms with E-state index < -0.39 is 26.6 Å². The monoisotopic (exact) mass is 305 g/mol. The van der Waals surface area contributed by atoms with E-state index in [1.807, 2.05) is 6.08 Å². The fourth-order valence-corrected chi connectivity index (χ4v) is 2.19. The molecule has 1 rings (SSSR count). The summed E-state index contributed by atoms with van der Waals surface area (Å²) in [6.07, 6.45) is 5.22. The summed E-state index contributed by atoms with van der Waals surface area (Å²) in [6.45, 7) is 3.82. The fourth-order valence-electron chi connectivity index (χ4n) is 1.59. The third kappa shape index (κ3) is 4.57. The molecule has 4 nitrogen and oxygen atoms in total. The van der Waals surface area contributed by atoms with Gasteiger partial charge in [-0.3, -0.25) is 0 Å². The Hall–Kier alpha value is -1.47. The number of primary sulfonamides is 1. The van der Waals surface area contributed by atoms with Crippen LogP contribution in [0.15, 0.2) is 29.7 Å². The maximum atomic E-state index is 13.6. The Morgan fingerprint density at radius 1 is 1.20 bits per heavy atom. The highest BCUT2D eigenvalue weighted by Crippen LogP contribution is 2.25. The SMILES string of the molecule is C=CCCCCCOc1ccc(S(N)(=O)=O)c(F)c1F. The van der Waals surface area contributed by atoms with E-state index in [1.54, 1.807) is 0 Å². The Balaban J connectivity index is 2.65. The highest BCUT2D eigenvalue weighted by molar-refractivity contribution is 7.89.